The first-order valence-electron chi connectivity index (χ1n) is 12.1. The lowest BCUT2D eigenvalue weighted by molar-refractivity contribution is -0.385. The van der Waals surface area contributed by atoms with Crippen LogP contribution in [-0.4, -0.2) is 57.3 Å². The van der Waals surface area contributed by atoms with E-state index in [9.17, 15) is 19.5 Å². The van der Waals surface area contributed by atoms with Crippen molar-refractivity contribution in [2.45, 2.75) is 44.4 Å². The number of nitro benzene ring substituents is 1. The fourth-order valence-corrected chi connectivity index (χ4v) is 7.59. The van der Waals surface area contributed by atoms with E-state index < -0.39 is 18.7 Å². The first-order chi connectivity index (χ1) is 16.9. The van der Waals surface area contributed by atoms with E-state index in [0.717, 1.165) is 50.1 Å². The molecule has 3 aliphatic heterocycles. The highest BCUT2D eigenvalue weighted by Gasteiger charge is 2.51. The molecule has 0 aromatic heterocycles. The van der Waals surface area contributed by atoms with Crippen molar-refractivity contribution in [3.63, 3.8) is 0 Å². The minimum absolute atomic E-state index is 0.00453. The second kappa shape index (κ2) is 7.61. The van der Waals surface area contributed by atoms with E-state index in [-0.39, 0.29) is 17.3 Å². The van der Waals surface area contributed by atoms with Crippen molar-refractivity contribution < 1.29 is 23.5 Å². The normalized spacial score (nSPS) is 23.4. The smallest absolute Gasteiger partial charge is 0.346 e. The van der Waals surface area contributed by atoms with E-state index >= 15 is 0 Å². The van der Waals surface area contributed by atoms with Gasteiger partial charge in [-0.25, -0.2) is 9.34 Å². The van der Waals surface area contributed by atoms with Gasteiger partial charge in [0.05, 0.1) is 11.0 Å². The predicted octanol–water partition coefficient (Wildman–Crippen LogP) is 4.25. The molecule has 7 rings (SSSR count). The molecule has 0 N–H and O–H groups in total. The van der Waals surface area contributed by atoms with E-state index in [4.69, 9.17) is 9.26 Å². The summed E-state index contributed by atoms with van der Waals surface area (Å²) in [5.41, 5.74) is 2.92. The molecule has 0 bridgehead atoms. The maximum atomic E-state index is 13.5. The molecule has 0 spiro atoms. The van der Waals surface area contributed by atoms with E-state index in [1.54, 1.807) is 18.2 Å². The van der Waals surface area contributed by atoms with E-state index in [0.29, 0.717) is 42.3 Å². The monoisotopic (exact) mass is 496 g/mol. The molecule has 1 atom stereocenters. The first-order valence-corrected chi connectivity index (χ1v) is 13.7. The summed E-state index contributed by atoms with van der Waals surface area (Å²) in [5.74, 6) is 0.570. The van der Waals surface area contributed by atoms with Gasteiger partial charge >= 0.3 is 13.4 Å². The van der Waals surface area contributed by atoms with Crippen molar-refractivity contribution in [3.8, 4) is 11.5 Å². The summed E-state index contributed by atoms with van der Waals surface area (Å²) in [6, 6.07) is 8.79. The summed E-state index contributed by atoms with van der Waals surface area (Å²) in [7, 11) is -3.03. The summed E-state index contributed by atoms with van der Waals surface area (Å²) in [4.78, 5) is 26.2. The van der Waals surface area contributed by atoms with Crippen molar-refractivity contribution in [1.82, 2.24) is 14.2 Å². The lowest BCUT2D eigenvalue weighted by atomic mass is 10.1. The zero-order valence-electron chi connectivity index (χ0n) is 19.1. The van der Waals surface area contributed by atoms with Crippen molar-refractivity contribution in [1.29, 1.82) is 0 Å². The second-order valence-corrected chi connectivity index (χ2v) is 12.2. The Labute approximate surface area is 202 Å². The minimum Gasteiger partial charge on any atom is -0.450 e. The topological polar surface area (TPSA) is 105 Å². The lowest BCUT2D eigenvalue weighted by Crippen LogP contribution is -2.25. The van der Waals surface area contributed by atoms with E-state index in [1.807, 2.05) is 20.3 Å². The van der Waals surface area contributed by atoms with Gasteiger partial charge in [0.1, 0.15) is 5.75 Å². The summed E-state index contributed by atoms with van der Waals surface area (Å²) in [6.45, 7) is 3.65. The third-order valence-electron chi connectivity index (χ3n) is 7.42. The fourth-order valence-electron chi connectivity index (χ4n) is 5.23. The van der Waals surface area contributed by atoms with Crippen LogP contribution >= 0.6 is 7.67 Å². The van der Waals surface area contributed by atoms with Crippen LogP contribution in [0, 0.1) is 10.1 Å². The van der Waals surface area contributed by atoms with Crippen molar-refractivity contribution in [2.24, 2.45) is 0 Å². The second-order valence-electron chi connectivity index (χ2n) is 9.85. The van der Waals surface area contributed by atoms with Crippen LogP contribution in [0.1, 0.15) is 52.4 Å². The molecule has 2 saturated heterocycles. The molecule has 182 valence electrons. The van der Waals surface area contributed by atoms with Gasteiger partial charge in [-0.15, -0.1) is 0 Å². The molecule has 2 aliphatic carbocycles. The number of hydrogen-bond acceptors (Lipinski definition) is 6. The molecule has 0 radical (unpaired) electrons. The molecule has 1 unspecified atom stereocenters. The molecule has 5 aliphatic rings. The van der Waals surface area contributed by atoms with Crippen LogP contribution in [0.3, 0.4) is 0 Å². The summed E-state index contributed by atoms with van der Waals surface area (Å²) < 4.78 is 29.6. The van der Waals surface area contributed by atoms with Crippen LogP contribution in [-0.2, 0) is 22.1 Å². The summed E-state index contributed by atoms with van der Waals surface area (Å²) >= 11 is 0. The third-order valence-corrected chi connectivity index (χ3v) is 10.2. The Morgan fingerprint density at radius 1 is 1.03 bits per heavy atom. The number of rotatable bonds is 8. The summed E-state index contributed by atoms with van der Waals surface area (Å²) in [5, 5.41) is 11.9. The Hall–Kier alpha value is -2.78. The number of ether oxygens (including phenoxy) is 1. The molecule has 3 fully saturated rings. The number of carbonyl (C=O) groups excluding carboxylic acids is 1. The number of benzene rings is 2. The molecule has 1 amide bonds. The van der Waals surface area contributed by atoms with E-state index in [1.165, 1.54) is 6.07 Å². The highest BCUT2D eigenvalue weighted by atomic mass is 31.2. The molecule has 11 heteroatoms. The lowest BCUT2D eigenvalue weighted by Gasteiger charge is -2.24. The standard InChI is InChI=1S/C24H25N4O6P/c29-24-20-13-17(4-1-15(20)14-27(24)16-2-3-16)33-23-19-6-8-22(18(19)5-7-21(23)28(30)31)34-35(32,25-9-10-25)26-11-12-26/h1,4-5,7,13,16,22H,2-3,6,8-12,14H2. The maximum Gasteiger partial charge on any atom is 0.346 e. The Bertz CT molecular complexity index is 1300. The number of fused-ring (bicyclic) bond motifs is 2. The first kappa shape index (κ1) is 21.5. The average molecular weight is 496 g/mol. The van der Waals surface area contributed by atoms with Gasteiger partial charge in [-0.3, -0.25) is 24.0 Å². The van der Waals surface area contributed by atoms with Crippen LogP contribution in [0.5, 0.6) is 11.5 Å². The van der Waals surface area contributed by atoms with E-state index in [2.05, 4.69) is 0 Å². The molecule has 35 heavy (non-hydrogen) atoms. The van der Waals surface area contributed by atoms with Gasteiger partial charge in [-0.05, 0) is 55.0 Å². The van der Waals surface area contributed by atoms with Crippen LogP contribution < -0.4 is 4.74 Å². The number of nitrogens with zero attached hydrogens (tertiary/aromatic N) is 4. The largest absolute Gasteiger partial charge is 0.450 e. The van der Waals surface area contributed by atoms with Gasteiger partial charge in [0.15, 0.2) is 0 Å². The number of nitro groups is 1. The highest BCUT2D eigenvalue weighted by Crippen LogP contribution is 2.64. The van der Waals surface area contributed by atoms with Crippen molar-refractivity contribution in [3.05, 3.63) is 62.7 Å². The molecule has 10 nitrogen and oxygen atoms in total. The number of hydrogen-bond donors (Lipinski definition) is 0. The Morgan fingerprint density at radius 2 is 1.77 bits per heavy atom. The van der Waals surface area contributed by atoms with Gasteiger partial charge in [0.2, 0.25) is 5.75 Å². The summed E-state index contributed by atoms with van der Waals surface area (Å²) in [6.07, 6.45) is 2.77. The van der Waals surface area contributed by atoms with Gasteiger partial charge in [-0.1, -0.05) is 6.07 Å². The van der Waals surface area contributed by atoms with Crippen LogP contribution in [0.25, 0.3) is 0 Å². The van der Waals surface area contributed by atoms with Gasteiger partial charge in [-0.2, -0.15) is 0 Å². The Morgan fingerprint density at radius 3 is 2.43 bits per heavy atom. The SMILES string of the molecule is O=C1c2cc(Oc3c([N+](=O)[O-])ccc4c3CCC4OP(=O)(N3CC3)N3CC3)ccc2CN1C1CC1. The van der Waals surface area contributed by atoms with Crippen LogP contribution in [0.2, 0.25) is 0 Å². The Balaban J connectivity index is 1.20. The Kier molecular flexibility index (Phi) is 4.67. The quantitative estimate of drug-likeness (QED) is 0.231. The zero-order chi connectivity index (χ0) is 23.9. The minimum atomic E-state index is -3.03. The number of amides is 1. The predicted molar refractivity (Wildman–Crippen MR) is 125 cm³/mol. The molecular weight excluding hydrogens is 471 g/mol. The van der Waals surface area contributed by atoms with Crippen LogP contribution in [0.4, 0.5) is 5.69 Å². The van der Waals surface area contributed by atoms with Gasteiger partial charge in [0, 0.05) is 56.0 Å². The van der Waals surface area contributed by atoms with Gasteiger partial charge < -0.3 is 9.64 Å². The third kappa shape index (κ3) is 3.59. The maximum absolute atomic E-state index is 13.5. The fraction of sp³-hybridized carbons (Fsp3) is 0.458. The molecule has 3 heterocycles. The number of carbonyl (C=O) groups is 1. The van der Waals surface area contributed by atoms with Gasteiger partial charge in [0.25, 0.3) is 5.91 Å². The average Bonchev–Trinajstić information content (AvgIpc) is 3.71. The zero-order valence-corrected chi connectivity index (χ0v) is 20.0. The molecular formula is C24H25N4O6P. The van der Waals surface area contributed by atoms with Crippen molar-refractivity contribution in [2.75, 3.05) is 26.2 Å². The highest BCUT2D eigenvalue weighted by molar-refractivity contribution is 7.54. The van der Waals surface area contributed by atoms with Crippen LogP contribution in [0.15, 0.2) is 30.3 Å². The molecule has 2 aromatic carbocycles. The van der Waals surface area contributed by atoms with Crippen molar-refractivity contribution >= 4 is 19.3 Å². The molecule has 2 aromatic rings. The molecule has 1 saturated carbocycles.